The summed E-state index contributed by atoms with van der Waals surface area (Å²) < 4.78 is 14.4. The van der Waals surface area contributed by atoms with Crippen LogP contribution in [0.5, 0.6) is 0 Å². The van der Waals surface area contributed by atoms with Crippen LogP contribution in [0, 0.1) is 5.82 Å². The molecule has 0 saturated carbocycles. The Hall–Kier alpha value is -1.62. The summed E-state index contributed by atoms with van der Waals surface area (Å²) in [5.41, 5.74) is 0.685. The molecule has 16 heavy (non-hydrogen) atoms. The molecule has 2 aromatic rings. The fourth-order valence-electron chi connectivity index (χ4n) is 1.56. The van der Waals surface area contributed by atoms with Gasteiger partial charge < -0.3 is 5.11 Å². The van der Waals surface area contributed by atoms with E-state index in [1.165, 1.54) is 10.6 Å². The van der Waals surface area contributed by atoms with E-state index in [0.29, 0.717) is 12.1 Å². The molecule has 4 nitrogen and oxygen atoms in total. The summed E-state index contributed by atoms with van der Waals surface area (Å²) in [6, 6.07) is 1.12. The summed E-state index contributed by atoms with van der Waals surface area (Å²) in [5.74, 6) is -1.72. The van der Waals surface area contributed by atoms with Gasteiger partial charge in [-0.1, -0.05) is 18.5 Å². The van der Waals surface area contributed by atoms with Crippen LogP contribution in [-0.2, 0) is 6.42 Å². The quantitative estimate of drug-likeness (QED) is 0.880. The number of carboxylic acid groups (broad SMARTS) is 1. The molecule has 0 aromatic carbocycles. The minimum absolute atomic E-state index is 0.0272. The van der Waals surface area contributed by atoms with E-state index in [2.05, 4.69) is 4.98 Å². The zero-order valence-corrected chi connectivity index (χ0v) is 9.12. The van der Waals surface area contributed by atoms with Gasteiger partial charge in [-0.05, 0) is 6.42 Å². The van der Waals surface area contributed by atoms with Gasteiger partial charge >= 0.3 is 5.97 Å². The van der Waals surface area contributed by atoms with Gasteiger partial charge in [0.05, 0.1) is 10.7 Å². The first kappa shape index (κ1) is 10.9. The van der Waals surface area contributed by atoms with E-state index in [4.69, 9.17) is 16.7 Å². The lowest BCUT2D eigenvalue weighted by Crippen LogP contribution is -2.05. The molecule has 0 amide bonds. The summed E-state index contributed by atoms with van der Waals surface area (Å²) in [4.78, 5) is 15.1. The molecule has 0 unspecified atom stereocenters. The highest BCUT2D eigenvalue weighted by atomic mass is 35.5. The van der Waals surface area contributed by atoms with Crippen LogP contribution in [0.3, 0.4) is 0 Å². The fourth-order valence-corrected chi connectivity index (χ4v) is 1.71. The molecule has 0 spiro atoms. The van der Waals surface area contributed by atoms with Gasteiger partial charge in [0.2, 0.25) is 0 Å². The van der Waals surface area contributed by atoms with Crippen molar-refractivity contribution >= 4 is 23.2 Å². The van der Waals surface area contributed by atoms with Gasteiger partial charge in [0.15, 0.2) is 5.69 Å². The second kappa shape index (κ2) is 3.75. The number of aromatic carboxylic acids is 1. The molecule has 0 atom stereocenters. The predicted octanol–water partition coefficient (Wildman–Crippen LogP) is 2.39. The number of carbonyl (C=O) groups is 1. The third kappa shape index (κ3) is 1.53. The molecular formula is C10H8ClFN2O2. The first-order chi connectivity index (χ1) is 7.54. The van der Waals surface area contributed by atoms with Crippen LogP contribution in [0.1, 0.15) is 23.1 Å². The lowest BCUT2D eigenvalue weighted by molar-refractivity contribution is 0.0688. The van der Waals surface area contributed by atoms with Crippen molar-refractivity contribution in [3.05, 3.63) is 34.5 Å². The Morgan fingerprint density at radius 2 is 2.38 bits per heavy atom. The average molecular weight is 243 g/mol. The van der Waals surface area contributed by atoms with Crippen molar-refractivity contribution in [1.29, 1.82) is 0 Å². The highest BCUT2D eigenvalue weighted by molar-refractivity contribution is 6.30. The predicted molar refractivity (Wildman–Crippen MR) is 56.5 cm³/mol. The number of pyridine rings is 1. The molecule has 0 radical (unpaired) electrons. The number of halogens is 2. The third-order valence-electron chi connectivity index (χ3n) is 2.27. The molecule has 1 N–H and O–H groups in total. The SMILES string of the molecule is CCc1nc2cc(F)c(Cl)cn2c1C(=O)O. The van der Waals surface area contributed by atoms with Crippen LogP contribution < -0.4 is 0 Å². The number of imidazole rings is 1. The van der Waals surface area contributed by atoms with Gasteiger partial charge in [-0.3, -0.25) is 4.40 Å². The Balaban J connectivity index is 2.84. The molecule has 0 fully saturated rings. The number of aryl methyl sites for hydroxylation is 1. The van der Waals surface area contributed by atoms with E-state index in [1.807, 2.05) is 0 Å². The Morgan fingerprint density at radius 3 is 2.94 bits per heavy atom. The first-order valence-electron chi connectivity index (χ1n) is 4.64. The van der Waals surface area contributed by atoms with Gasteiger partial charge in [0, 0.05) is 12.3 Å². The highest BCUT2D eigenvalue weighted by Gasteiger charge is 2.18. The van der Waals surface area contributed by atoms with Crippen molar-refractivity contribution in [2.75, 3.05) is 0 Å². The number of carboxylic acids is 1. The third-order valence-corrected chi connectivity index (χ3v) is 2.55. The second-order valence-electron chi connectivity index (χ2n) is 3.26. The van der Waals surface area contributed by atoms with Crippen molar-refractivity contribution in [2.45, 2.75) is 13.3 Å². The van der Waals surface area contributed by atoms with Crippen LogP contribution in [0.4, 0.5) is 4.39 Å². The molecule has 2 rings (SSSR count). The Morgan fingerprint density at radius 1 is 1.69 bits per heavy atom. The number of hydrogen-bond acceptors (Lipinski definition) is 2. The minimum Gasteiger partial charge on any atom is -0.477 e. The van der Waals surface area contributed by atoms with Crippen LogP contribution in [0.25, 0.3) is 5.65 Å². The van der Waals surface area contributed by atoms with Gasteiger partial charge in [-0.25, -0.2) is 14.2 Å². The van der Waals surface area contributed by atoms with Crippen molar-refractivity contribution in [1.82, 2.24) is 9.38 Å². The van der Waals surface area contributed by atoms with E-state index in [9.17, 15) is 9.18 Å². The van der Waals surface area contributed by atoms with E-state index in [0.717, 1.165) is 6.07 Å². The zero-order valence-electron chi connectivity index (χ0n) is 8.37. The summed E-state index contributed by atoms with van der Waals surface area (Å²) in [7, 11) is 0. The van der Waals surface area contributed by atoms with E-state index in [1.54, 1.807) is 6.92 Å². The smallest absolute Gasteiger partial charge is 0.354 e. The van der Waals surface area contributed by atoms with Gasteiger partial charge in [-0.2, -0.15) is 0 Å². The van der Waals surface area contributed by atoms with Crippen molar-refractivity contribution in [2.24, 2.45) is 0 Å². The molecular weight excluding hydrogens is 235 g/mol. The summed E-state index contributed by atoms with van der Waals surface area (Å²) in [6.07, 6.45) is 1.68. The fraction of sp³-hybridized carbons (Fsp3) is 0.200. The molecule has 0 aliphatic carbocycles. The Kier molecular flexibility index (Phi) is 2.55. The minimum atomic E-state index is -1.10. The molecule has 0 aliphatic heterocycles. The largest absolute Gasteiger partial charge is 0.477 e. The lowest BCUT2D eigenvalue weighted by Gasteiger charge is -1.99. The highest BCUT2D eigenvalue weighted by Crippen LogP contribution is 2.20. The Bertz CT molecular complexity index is 580. The topological polar surface area (TPSA) is 54.6 Å². The van der Waals surface area contributed by atoms with Crippen LogP contribution in [0.2, 0.25) is 5.02 Å². The molecule has 6 heteroatoms. The number of fused-ring (bicyclic) bond motifs is 1. The summed E-state index contributed by atoms with van der Waals surface area (Å²) >= 11 is 5.60. The van der Waals surface area contributed by atoms with Gasteiger partial charge in [0.1, 0.15) is 11.5 Å². The standard InChI is InChI=1S/C10H8ClFN2O2/c1-2-7-9(10(15)16)14-4-5(11)6(12)3-8(14)13-7/h3-4H,2H2,1H3,(H,15,16). The van der Waals surface area contributed by atoms with E-state index in [-0.39, 0.29) is 16.4 Å². The maximum atomic E-state index is 13.2. The van der Waals surface area contributed by atoms with Crippen LogP contribution in [0.15, 0.2) is 12.3 Å². The number of nitrogens with zero attached hydrogens (tertiary/aromatic N) is 2. The second-order valence-corrected chi connectivity index (χ2v) is 3.67. The van der Waals surface area contributed by atoms with Gasteiger partial charge in [-0.15, -0.1) is 0 Å². The number of hydrogen-bond donors (Lipinski definition) is 1. The maximum Gasteiger partial charge on any atom is 0.354 e. The van der Waals surface area contributed by atoms with Crippen molar-refractivity contribution < 1.29 is 14.3 Å². The molecule has 0 saturated heterocycles. The monoisotopic (exact) mass is 242 g/mol. The lowest BCUT2D eigenvalue weighted by atomic mass is 10.2. The molecule has 0 aliphatic rings. The Labute approximate surface area is 95.3 Å². The van der Waals surface area contributed by atoms with E-state index < -0.39 is 11.8 Å². The summed E-state index contributed by atoms with van der Waals surface area (Å²) in [5, 5.41) is 8.92. The number of rotatable bonds is 2. The molecule has 84 valence electrons. The maximum absolute atomic E-state index is 13.2. The van der Waals surface area contributed by atoms with Crippen LogP contribution in [-0.4, -0.2) is 20.5 Å². The average Bonchev–Trinajstić information content (AvgIpc) is 2.56. The van der Waals surface area contributed by atoms with Gasteiger partial charge in [0.25, 0.3) is 0 Å². The van der Waals surface area contributed by atoms with Crippen LogP contribution >= 0.6 is 11.6 Å². The first-order valence-corrected chi connectivity index (χ1v) is 5.01. The van der Waals surface area contributed by atoms with Crippen molar-refractivity contribution in [3.8, 4) is 0 Å². The number of aromatic nitrogens is 2. The van der Waals surface area contributed by atoms with E-state index >= 15 is 0 Å². The zero-order chi connectivity index (χ0) is 11.9. The molecule has 2 aromatic heterocycles. The molecule has 0 bridgehead atoms. The normalized spacial score (nSPS) is 10.9. The molecule has 2 heterocycles. The summed E-state index contributed by atoms with van der Waals surface area (Å²) in [6.45, 7) is 1.78. The van der Waals surface area contributed by atoms with Crippen molar-refractivity contribution in [3.63, 3.8) is 0 Å².